The van der Waals surface area contributed by atoms with E-state index in [1.54, 1.807) is 0 Å². The second-order valence-electron chi connectivity index (χ2n) is 36.9. The van der Waals surface area contributed by atoms with Gasteiger partial charge in [0.25, 0.3) is 0 Å². The molecule has 2 aliphatic carbocycles. The average molecular weight is 1710 g/mol. The predicted molar refractivity (Wildman–Crippen MR) is 565 cm³/mol. The Kier molecular flexibility index (Phi) is 18.9. The zero-order chi connectivity index (χ0) is 89.3. The van der Waals surface area contributed by atoms with Gasteiger partial charge in [-0.25, -0.2) is 0 Å². The minimum atomic E-state index is -0.210. The summed E-state index contributed by atoms with van der Waals surface area (Å²) in [7, 11) is 0. The van der Waals surface area contributed by atoms with Gasteiger partial charge in [-0.1, -0.05) is 380 Å². The summed E-state index contributed by atoms with van der Waals surface area (Å²) in [5.74, 6) is 0. The van der Waals surface area contributed by atoms with Crippen LogP contribution in [0.2, 0.25) is 0 Å². The van der Waals surface area contributed by atoms with Crippen molar-refractivity contribution < 1.29 is 8.83 Å². The Balaban J connectivity index is 0.000000144. The highest BCUT2D eigenvalue weighted by molar-refractivity contribution is 6.30. The van der Waals surface area contributed by atoms with Gasteiger partial charge in [0, 0.05) is 77.6 Å². The molecule has 2 aromatic heterocycles. The van der Waals surface area contributed by atoms with Crippen LogP contribution in [0.15, 0.2) is 482 Å². The molecule has 2 heterocycles. The maximum Gasteiger partial charge on any atom is 0.143 e. The number of fused-ring (bicyclic) bond motifs is 20. The van der Waals surface area contributed by atoms with Crippen LogP contribution in [0.3, 0.4) is 0 Å². The van der Waals surface area contributed by atoms with E-state index in [9.17, 15) is 0 Å². The van der Waals surface area contributed by atoms with Gasteiger partial charge in [0.2, 0.25) is 0 Å². The Hall–Kier alpha value is -16.9. The molecule has 0 amide bonds. The summed E-state index contributed by atoms with van der Waals surface area (Å²) in [6, 6.07) is 172. The summed E-state index contributed by atoms with van der Waals surface area (Å²) in [6.45, 7) is 9.55. The summed E-state index contributed by atoms with van der Waals surface area (Å²) < 4.78 is 13.7. The fourth-order valence-corrected chi connectivity index (χ4v) is 21.7. The molecule has 26 rings (SSSR count). The molecule has 2 aliphatic rings. The third kappa shape index (κ3) is 13.5. The maximum absolute atomic E-state index is 6.90. The Bertz CT molecular complexity index is 8470. The van der Waals surface area contributed by atoms with Crippen molar-refractivity contribution in [3.8, 4) is 111 Å². The van der Waals surface area contributed by atoms with Crippen LogP contribution < -0.4 is 9.80 Å². The van der Waals surface area contributed by atoms with E-state index in [0.717, 1.165) is 84.1 Å². The van der Waals surface area contributed by atoms with Crippen molar-refractivity contribution >= 4 is 121 Å². The average Bonchev–Trinajstić information content (AvgIpc) is 1.57. The first-order valence-corrected chi connectivity index (χ1v) is 46.5. The number of hydrogen-bond acceptors (Lipinski definition) is 4. The van der Waals surface area contributed by atoms with Gasteiger partial charge in [-0.2, -0.15) is 0 Å². The lowest BCUT2D eigenvalue weighted by molar-refractivity contribution is 0.660. The van der Waals surface area contributed by atoms with Crippen molar-refractivity contribution in [2.24, 2.45) is 0 Å². The first-order chi connectivity index (χ1) is 65.9. The standard InChI is InChI=1S/C68H49NO.C62H41NO/c1-67(2)59-38-46(42-15-7-5-8-16-42)25-32-54(59)56-34-30-50(40-61(56)67)69(51-31-35-57-55-33-26-47(43-17-9-6-10-18-43)39-60(55)68(3,4)62(57)41-51)49-28-23-45(24-29-49)58-37-48-20-12-14-22-53(48)65-64-52-21-13-11-19-44(52)27-36-63(64)70-66(58)65;1-3-13-42(14-4-1)48-19-11-21-50(39-48)44-25-32-53(33-26-44)63(54-34-27-45(28-35-54)51-22-12-20-49(40-51)43-15-5-2-6-16-43)55-36-29-47(30-37-55)58-41-52-18-8-10-24-57(52)61-60-56-23-9-7-17-46(56)31-38-59(60)64-62(58)61/h5-41H,1-4H3;1-41H. The molecule has 24 aromatic rings. The molecule has 4 heteroatoms. The van der Waals surface area contributed by atoms with Crippen LogP contribution in [0.5, 0.6) is 0 Å². The van der Waals surface area contributed by atoms with Gasteiger partial charge in [0.1, 0.15) is 22.3 Å². The van der Waals surface area contributed by atoms with Crippen LogP contribution in [-0.2, 0) is 10.8 Å². The summed E-state index contributed by atoms with van der Waals surface area (Å²) in [5, 5.41) is 14.3. The molecule has 632 valence electrons. The molecule has 0 aliphatic heterocycles. The second-order valence-corrected chi connectivity index (χ2v) is 36.9. The zero-order valence-electron chi connectivity index (χ0n) is 74.7. The van der Waals surface area contributed by atoms with Gasteiger partial charge in [0.05, 0.1) is 0 Å². The molecule has 0 unspecified atom stereocenters. The number of nitrogens with zero attached hydrogens (tertiary/aromatic N) is 2. The molecule has 0 saturated heterocycles. The van der Waals surface area contributed by atoms with Gasteiger partial charge in [-0.05, 0) is 287 Å². The predicted octanol–water partition coefficient (Wildman–Crippen LogP) is 36.7. The van der Waals surface area contributed by atoms with Gasteiger partial charge in [-0.3, -0.25) is 0 Å². The quantitative estimate of drug-likeness (QED) is 0.109. The number of hydrogen-bond donors (Lipinski definition) is 0. The summed E-state index contributed by atoms with van der Waals surface area (Å²) >= 11 is 0. The smallest absolute Gasteiger partial charge is 0.143 e. The normalized spacial score (nSPS) is 12.7. The largest absolute Gasteiger partial charge is 0.455 e. The van der Waals surface area contributed by atoms with Gasteiger partial charge >= 0.3 is 0 Å². The van der Waals surface area contributed by atoms with Crippen molar-refractivity contribution in [3.05, 3.63) is 495 Å². The van der Waals surface area contributed by atoms with Gasteiger partial charge in [0.15, 0.2) is 0 Å². The Morgan fingerprint density at radius 3 is 0.754 bits per heavy atom. The van der Waals surface area contributed by atoms with Crippen LogP contribution in [0.25, 0.3) is 198 Å². The molecular formula is C130H90N2O2. The van der Waals surface area contributed by atoms with E-state index in [-0.39, 0.29) is 10.8 Å². The molecule has 0 radical (unpaired) electrons. The molecular weight excluding hydrogens is 1620 g/mol. The van der Waals surface area contributed by atoms with Gasteiger partial charge in [-0.15, -0.1) is 0 Å². The molecule has 134 heavy (non-hydrogen) atoms. The third-order valence-electron chi connectivity index (χ3n) is 28.5. The Labute approximate surface area is 779 Å². The molecule has 0 saturated carbocycles. The fourth-order valence-electron chi connectivity index (χ4n) is 21.7. The number of benzene rings is 22. The number of furan rings is 2. The molecule has 0 N–H and O–H groups in total. The second kappa shape index (κ2) is 32.0. The van der Waals surface area contributed by atoms with Crippen LogP contribution >= 0.6 is 0 Å². The van der Waals surface area contributed by atoms with Crippen LogP contribution in [0.1, 0.15) is 49.9 Å². The third-order valence-corrected chi connectivity index (χ3v) is 28.5. The van der Waals surface area contributed by atoms with Crippen LogP contribution in [0.4, 0.5) is 34.1 Å². The molecule has 0 bridgehead atoms. The maximum atomic E-state index is 6.90. The lowest BCUT2D eigenvalue weighted by Gasteiger charge is -2.30. The minimum Gasteiger partial charge on any atom is -0.455 e. The van der Waals surface area contributed by atoms with Crippen LogP contribution in [0, 0.1) is 0 Å². The molecule has 0 atom stereocenters. The highest BCUT2D eigenvalue weighted by Gasteiger charge is 2.39. The van der Waals surface area contributed by atoms with E-state index in [0.29, 0.717) is 0 Å². The lowest BCUT2D eigenvalue weighted by atomic mass is 9.81. The van der Waals surface area contributed by atoms with Crippen LogP contribution in [-0.4, -0.2) is 0 Å². The van der Waals surface area contributed by atoms with Crippen molar-refractivity contribution in [2.45, 2.75) is 38.5 Å². The van der Waals surface area contributed by atoms with Crippen molar-refractivity contribution in [1.29, 1.82) is 0 Å². The SMILES string of the molecule is CC1(C)c2cc(-c3ccccc3)ccc2-c2ccc(N(c3ccc(-c4cc5ccccc5c5c4oc4ccc6ccccc6c45)cc3)c3ccc4c(c3)C(C)(C)c3cc(-c5ccccc5)ccc3-4)cc21.c1ccc(-c2cccc(-c3ccc(N(c4ccc(-c5cccc(-c6ccccc6)c5)cc4)c4ccc(-c5cc6ccccc6c6c5oc5ccc7ccccc7c56)cc4)cc3)c2)cc1. The van der Waals surface area contributed by atoms with E-state index in [1.807, 2.05) is 0 Å². The number of anilines is 6. The molecule has 0 fully saturated rings. The highest BCUT2D eigenvalue weighted by atomic mass is 16.3. The van der Waals surface area contributed by atoms with E-state index in [1.165, 1.54) is 171 Å². The highest BCUT2D eigenvalue weighted by Crippen LogP contribution is 2.56. The Morgan fingerprint density at radius 1 is 0.164 bits per heavy atom. The van der Waals surface area contributed by atoms with Crippen molar-refractivity contribution in [3.63, 3.8) is 0 Å². The van der Waals surface area contributed by atoms with E-state index < -0.39 is 0 Å². The molecule has 0 spiro atoms. The Morgan fingerprint density at radius 2 is 0.410 bits per heavy atom. The summed E-state index contributed by atoms with van der Waals surface area (Å²) in [4.78, 5) is 4.82. The minimum absolute atomic E-state index is 0.210. The van der Waals surface area contributed by atoms with Gasteiger partial charge < -0.3 is 18.6 Å². The van der Waals surface area contributed by atoms with Crippen molar-refractivity contribution in [1.82, 2.24) is 0 Å². The summed E-state index contributed by atoms with van der Waals surface area (Å²) in [6.07, 6.45) is 0. The van der Waals surface area contributed by atoms with E-state index >= 15 is 0 Å². The molecule has 4 nitrogen and oxygen atoms in total. The summed E-state index contributed by atoms with van der Waals surface area (Å²) in [5.41, 5.74) is 39.3. The van der Waals surface area contributed by atoms with E-state index in [2.05, 4.69) is 511 Å². The zero-order valence-corrected chi connectivity index (χ0v) is 74.7. The number of rotatable bonds is 14. The first kappa shape index (κ1) is 79.3. The monoisotopic (exact) mass is 1710 g/mol. The fraction of sp³-hybridized carbons (Fsp3) is 0.0462. The molecule has 22 aromatic carbocycles. The van der Waals surface area contributed by atoms with Crippen molar-refractivity contribution in [2.75, 3.05) is 9.80 Å². The van der Waals surface area contributed by atoms with E-state index in [4.69, 9.17) is 8.83 Å². The lowest BCUT2D eigenvalue weighted by Crippen LogP contribution is -2.18. The topological polar surface area (TPSA) is 32.8 Å². The first-order valence-electron chi connectivity index (χ1n) is 46.5.